The van der Waals surface area contributed by atoms with Crippen molar-refractivity contribution in [2.24, 2.45) is 0 Å². The highest BCUT2D eigenvalue weighted by Gasteiger charge is 2.08. The quantitative estimate of drug-likeness (QED) is 0.481. The van der Waals surface area contributed by atoms with E-state index in [0.29, 0.717) is 17.8 Å². The van der Waals surface area contributed by atoms with Crippen molar-refractivity contribution < 1.29 is 14.3 Å². The third kappa shape index (κ3) is 5.22. The predicted molar refractivity (Wildman–Crippen MR) is 93.4 cm³/mol. The molecule has 6 nitrogen and oxygen atoms in total. The van der Waals surface area contributed by atoms with Gasteiger partial charge in [0.25, 0.3) is 5.91 Å². The van der Waals surface area contributed by atoms with E-state index in [2.05, 4.69) is 15.4 Å². The molecule has 0 saturated heterocycles. The van der Waals surface area contributed by atoms with Crippen molar-refractivity contribution in [3.8, 4) is 6.07 Å². The molecule has 0 atom stereocenters. The van der Waals surface area contributed by atoms with E-state index in [0.717, 1.165) is 5.56 Å². The van der Waals surface area contributed by atoms with Crippen molar-refractivity contribution >= 4 is 17.6 Å². The van der Waals surface area contributed by atoms with Gasteiger partial charge in [-0.25, -0.2) is 4.79 Å². The molecule has 0 heterocycles. The van der Waals surface area contributed by atoms with E-state index in [4.69, 9.17) is 5.26 Å². The Morgan fingerprint density at radius 2 is 1.80 bits per heavy atom. The zero-order valence-corrected chi connectivity index (χ0v) is 13.7. The van der Waals surface area contributed by atoms with Crippen LogP contribution < -0.4 is 10.6 Å². The van der Waals surface area contributed by atoms with Gasteiger partial charge in [-0.2, -0.15) is 5.26 Å². The zero-order chi connectivity index (χ0) is 18.1. The van der Waals surface area contributed by atoms with E-state index < -0.39 is 11.9 Å². The van der Waals surface area contributed by atoms with E-state index in [1.165, 1.54) is 13.3 Å². The zero-order valence-electron chi connectivity index (χ0n) is 13.7. The summed E-state index contributed by atoms with van der Waals surface area (Å²) in [5, 5.41) is 14.7. The number of benzene rings is 2. The minimum atomic E-state index is -0.468. The lowest BCUT2D eigenvalue weighted by Crippen LogP contribution is -2.24. The molecule has 2 aromatic rings. The fourth-order valence-corrected chi connectivity index (χ4v) is 2.00. The average Bonchev–Trinajstić information content (AvgIpc) is 2.67. The summed E-state index contributed by atoms with van der Waals surface area (Å²) in [7, 11) is 1.31. The number of carbonyl (C=O) groups excluding carboxylic acids is 2. The largest absolute Gasteiger partial charge is 0.465 e. The number of nitrogens with one attached hydrogen (secondary N) is 2. The Balaban J connectivity index is 1.96. The summed E-state index contributed by atoms with van der Waals surface area (Å²) >= 11 is 0. The Bertz CT molecular complexity index is 806. The summed E-state index contributed by atoms with van der Waals surface area (Å²) in [6.07, 6.45) is 1.33. The molecule has 6 heteroatoms. The van der Waals surface area contributed by atoms with Gasteiger partial charge in [-0.15, -0.1) is 0 Å². The highest BCUT2D eigenvalue weighted by atomic mass is 16.5. The second-order valence-corrected chi connectivity index (χ2v) is 5.05. The number of esters is 1. The van der Waals surface area contributed by atoms with Crippen LogP contribution in [0, 0.1) is 11.3 Å². The van der Waals surface area contributed by atoms with Crippen LogP contribution in [0.25, 0.3) is 0 Å². The third-order valence-corrected chi connectivity index (χ3v) is 3.35. The van der Waals surface area contributed by atoms with Crippen LogP contribution in [0.5, 0.6) is 0 Å². The molecule has 0 aliphatic carbocycles. The molecule has 126 valence electrons. The molecule has 0 fully saturated rings. The van der Waals surface area contributed by atoms with Crippen LogP contribution in [-0.2, 0) is 16.1 Å². The number of hydrogen-bond donors (Lipinski definition) is 2. The highest BCUT2D eigenvalue weighted by Crippen LogP contribution is 2.11. The van der Waals surface area contributed by atoms with Gasteiger partial charge in [0.1, 0.15) is 11.6 Å². The number of hydrogen-bond acceptors (Lipinski definition) is 5. The lowest BCUT2D eigenvalue weighted by molar-refractivity contribution is -0.117. The van der Waals surface area contributed by atoms with Gasteiger partial charge in [0.15, 0.2) is 0 Å². The molecule has 1 amide bonds. The molecule has 2 N–H and O–H groups in total. The van der Waals surface area contributed by atoms with Crippen LogP contribution in [-0.4, -0.2) is 19.0 Å². The van der Waals surface area contributed by atoms with Crippen molar-refractivity contribution in [2.75, 3.05) is 12.4 Å². The second-order valence-electron chi connectivity index (χ2n) is 5.05. The monoisotopic (exact) mass is 335 g/mol. The molecule has 0 aliphatic rings. The Kier molecular flexibility index (Phi) is 6.32. The lowest BCUT2D eigenvalue weighted by atomic mass is 10.2. The summed E-state index contributed by atoms with van der Waals surface area (Å²) in [5.41, 5.74) is 1.95. The van der Waals surface area contributed by atoms with Gasteiger partial charge in [0.05, 0.1) is 12.7 Å². The molecular weight excluding hydrogens is 318 g/mol. The number of anilines is 1. The summed E-state index contributed by atoms with van der Waals surface area (Å²) < 4.78 is 4.62. The topological polar surface area (TPSA) is 91.2 Å². The van der Waals surface area contributed by atoms with Crippen molar-refractivity contribution in [1.82, 2.24) is 5.32 Å². The number of nitriles is 1. The third-order valence-electron chi connectivity index (χ3n) is 3.35. The van der Waals surface area contributed by atoms with Gasteiger partial charge >= 0.3 is 5.97 Å². The second kappa shape index (κ2) is 8.89. The molecule has 2 aromatic carbocycles. The molecule has 0 spiro atoms. The van der Waals surface area contributed by atoms with Crippen LogP contribution in [0.2, 0.25) is 0 Å². The van der Waals surface area contributed by atoms with Crippen LogP contribution in [0.4, 0.5) is 5.69 Å². The maximum Gasteiger partial charge on any atom is 0.337 e. The van der Waals surface area contributed by atoms with Crippen LogP contribution in [0.1, 0.15) is 15.9 Å². The highest BCUT2D eigenvalue weighted by molar-refractivity contribution is 5.97. The minimum absolute atomic E-state index is 0.0482. The van der Waals surface area contributed by atoms with Gasteiger partial charge in [-0.05, 0) is 29.8 Å². The standard InChI is InChI=1S/C19H17N3O3/c1-25-19(24)15-7-9-17(10-8-15)21-13-16(11-20)18(23)22-12-14-5-3-2-4-6-14/h2-10,13,21H,12H2,1H3,(H,22,23)/b16-13+. The number of amides is 1. The molecule has 0 aliphatic heterocycles. The summed E-state index contributed by atoms with van der Waals surface area (Å²) in [6.45, 7) is 0.340. The SMILES string of the molecule is COC(=O)c1ccc(N/C=C(\C#N)C(=O)NCc2ccccc2)cc1. The Morgan fingerprint density at radius 1 is 1.12 bits per heavy atom. The summed E-state index contributed by atoms with van der Waals surface area (Å²) in [4.78, 5) is 23.4. The minimum Gasteiger partial charge on any atom is -0.465 e. The predicted octanol–water partition coefficient (Wildman–Crippen LogP) is 2.61. The summed E-state index contributed by atoms with van der Waals surface area (Å²) in [6, 6.07) is 17.8. The van der Waals surface area contributed by atoms with Gasteiger partial charge in [0, 0.05) is 18.4 Å². The first-order chi connectivity index (χ1) is 12.1. The molecule has 0 aromatic heterocycles. The Labute approximate surface area is 145 Å². The van der Waals surface area contributed by atoms with Gasteiger partial charge in [0.2, 0.25) is 0 Å². The fraction of sp³-hybridized carbons (Fsp3) is 0.105. The number of methoxy groups -OCH3 is 1. The van der Waals surface area contributed by atoms with E-state index in [1.54, 1.807) is 24.3 Å². The lowest BCUT2D eigenvalue weighted by Gasteiger charge is -2.06. The van der Waals surface area contributed by atoms with Crippen LogP contribution in [0.15, 0.2) is 66.4 Å². The van der Waals surface area contributed by atoms with Crippen molar-refractivity contribution in [3.63, 3.8) is 0 Å². The van der Waals surface area contributed by atoms with Crippen molar-refractivity contribution in [1.29, 1.82) is 5.26 Å². The maximum atomic E-state index is 12.0. The van der Waals surface area contributed by atoms with Gasteiger partial charge in [-0.3, -0.25) is 4.79 Å². The van der Waals surface area contributed by atoms with E-state index >= 15 is 0 Å². The van der Waals surface area contributed by atoms with Crippen LogP contribution >= 0.6 is 0 Å². The van der Waals surface area contributed by atoms with Gasteiger partial charge < -0.3 is 15.4 Å². The number of rotatable bonds is 6. The Morgan fingerprint density at radius 3 is 2.40 bits per heavy atom. The van der Waals surface area contributed by atoms with E-state index in [-0.39, 0.29) is 5.57 Å². The fourth-order valence-electron chi connectivity index (χ4n) is 2.00. The number of carbonyl (C=O) groups is 2. The first-order valence-electron chi connectivity index (χ1n) is 7.51. The normalized spacial score (nSPS) is 10.5. The summed E-state index contributed by atoms with van der Waals surface area (Å²) in [5.74, 6) is -0.898. The van der Waals surface area contributed by atoms with Gasteiger partial charge in [-0.1, -0.05) is 30.3 Å². The molecule has 0 bridgehead atoms. The molecule has 2 rings (SSSR count). The first-order valence-corrected chi connectivity index (χ1v) is 7.51. The Hall–Kier alpha value is -3.59. The molecule has 0 unspecified atom stereocenters. The van der Waals surface area contributed by atoms with Crippen molar-refractivity contribution in [3.05, 3.63) is 77.5 Å². The smallest absolute Gasteiger partial charge is 0.337 e. The molecule has 0 radical (unpaired) electrons. The molecule has 0 saturated carbocycles. The number of nitrogens with zero attached hydrogens (tertiary/aromatic N) is 1. The number of ether oxygens (including phenoxy) is 1. The van der Waals surface area contributed by atoms with E-state index in [1.807, 2.05) is 36.4 Å². The molecule has 25 heavy (non-hydrogen) atoms. The maximum absolute atomic E-state index is 12.0. The average molecular weight is 335 g/mol. The molecular formula is C19H17N3O3. The first kappa shape index (κ1) is 17.8. The van der Waals surface area contributed by atoms with Crippen molar-refractivity contribution in [2.45, 2.75) is 6.54 Å². The van der Waals surface area contributed by atoms with E-state index in [9.17, 15) is 9.59 Å². The van der Waals surface area contributed by atoms with Crippen LogP contribution in [0.3, 0.4) is 0 Å².